The summed E-state index contributed by atoms with van der Waals surface area (Å²) in [6.07, 6.45) is 37.4. The third-order valence-electron chi connectivity index (χ3n) is 12.0. The van der Waals surface area contributed by atoms with Gasteiger partial charge in [0.1, 0.15) is 48.8 Å². The highest BCUT2D eigenvalue weighted by molar-refractivity contribution is 5.76. The molecule has 0 aliphatic carbocycles. The van der Waals surface area contributed by atoms with E-state index in [-0.39, 0.29) is 18.9 Å². The molecule has 2 rings (SSSR count). The number of rotatable bonds is 38. The van der Waals surface area contributed by atoms with E-state index >= 15 is 0 Å². The van der Waals surface area contributed by atoms with Crippen LogP contribution in [0.5, 0.6) is 0 Å². The molecule has 394 valence electrons. The summed E-state index contributed by atoms with van der Waals surface area (Å²) in [7, 11) is 0. The fourth-order valence-electron chi connectivity index (χ4n) is 7.78. The minimum Gasteiger partial charge on any atom is -0.394 e. The Morgan fingerprint density at radius 3 is 1.59 bits per heavy atom. The predicted molar refractivity (Wildman–Crippen MR) is 272 cm³/mol. The molecule has 9 N–H and O–H groups in total. The van der Waals surface area contributed by atoms with E-state index in [1.807, 2.05) is 6.08 Å². The van der Waals surface area contributed by atoms with Crippen LogP contribution in [0.4, 0.5) is 0 Å². The molecule has 2 aliphatic heterocycles. The first-order valence-electron chi connectivity index (χ1n) is 26.0. The van der Waals surface area contributed by atoms with Gasteiger partial charge in [-0.3, -0.25) is 4.79 Å². The van der Waals surface area contributed by atoms with E-state index in [4.69, 9.17) is 18.9 Å². The van der Waals surface area contributed by atoms with E-state index in [9.17, 15) is 45.6 Å². The van der Waals surface area contributed by atoms with Crippen molar-refractivity contribution in [3.05, 3.63) is 97.2 Å². The lowest BCUT2D eigenvalue weighted by Gasteiger charge is -2.46. The van der Waals surface area contributed by atoms with Gasteiger partial charge < -0.3 is 65.1 Å². The standard InChI is InChI=1S/C55H91NO13/c1-3-5-7-9-11-13-15-16-17-18-19-20-21-22-23-24-25-26-27-28-29-31-33-35-37-39-47(60)56-43(44(59)38-36-34-32-30-14-12-10-8-6-4-2)42-66-54-52(65)50(63)53(46(41-58)68-54)69-55-51(64)49(62)48(61)45(40-57)67-55/h5,7,11,13-14,16-17,19-20,22-23,25-26,30,36,38,43-46,48-55,57-59,61-65H,3-4,6,8-10,12,15,18,21,24,27-29,31-35,37,39-42H2,1-2H3,(H,56,60)/b7-5-,13-11-,17-16-,20-19-,23-22-,26-25-,30-14+,38-36+. The molecule has 0 bridgehead atoms. The molecule has 0 radical (unpaired) electrons. The highest BCUT2D eigenvalue weighted by atomic mass is 16.7. The van der Waals surface area contributed by atoms with Gasteiger partial charge in [0.25, 0.3) is 0 Å². The van der Waals surface area contributed by atoms with Crippen molar-refractivity contribution in [2.75, 3.05) is 19.8 Å². The van der Waals surface area contributed by atoms with Crippen LogP contribution in [0.15, 0.2) is 97.2 Å². The smallest absolute Gasteiger partial charge is 0.220 e. The Hall–Kier alpha value is -3.09. The average molecular weight is 974 g/mol. The quantitative estimate of drug-likeness (QED) is 0.0222. The largest absolute Gasteiger partial charge is 0.394 e. The number of ether oxygens (including phenoxy) is 4. The molecule has 0 spiro atoms. The summed E-state index contributed by atoms with van der Waals surface area (Å²) in [4.78, 5) is 13.2. The normalized spacial score (nSPS) is 27.0. The van der Waals surface area contributed by atoms with Crippen molar-refractivity contribution in [2.45, 2.75) is 222 Å². The van der Waals surface area contributed by atoms with Crippen LogP contribution in [0.2, 0.25) is 0 Å². The number of hydrogen-bond acceptors (Lipinski definition) is 13. The topological polar surface area (TPSA) is 228 Å². The van der Waals surface area contributed by atoms with Gasteiger partial charge in [0.05, 0.1) is 32.0 Å². The molecule has 12 unspecified atom stereocenters. The number of allylic oxidation sites excluding steroid dienone is 15. The Bertz CT molecular complexity index is 1520. The maximum atomic E-state index is 13.2. The van der Waals surface area contributed by atoms with Crippen molar-refractivity contribution in [2.24, 2.45) is 0 Å². The lowest BCUT2D eigenvalue weighted by molar-refractivity contribution is -0.359. The molecule has 69 heavy (non-hydrogen) atoms. The second-order valence-corrected chi connectivity index (χ2v) is 17.9. The van der Waals surface area contributed by atoms with Crippen molar-refractivity contribution in [3.8, 4) is 0 Å². The number of carbonyl (C=O) groups excluding carboxylic acids is 1. The number of aliphatic hydroxyl groups is 8. The van der Waals surface area contributed by atoms with Gasteiger partial charge in [0.2, 0.25) is 5.91 Å². The second kappa shape index (κ2) is 40.5. The molecule has 0 aromatic heterocycles. The third-order valence-corrected chi connectivity index (χ3v) is 12.0. The maximum Gasteiger partial charge on any atom is 0.220 e. The molecule has 2 heterocycles. The SMILES string of the molecule is CC/C=C\C/C=C\C/C=C\C/C=C\C/C=C\C/C=C\CCCCCCCCC(=O)NC(COC1OC(CO)C(OC2OC(CO)C(O)C(O)C2O)C(O)C1O)C(O)/C=C/CC/C=C/CCCCCC. The Morgan fingerprint density at radius 1 is 0.536 bits per heavy atom. The van der Waals surface area contributed by atoms with Crippen molar-refractivity contribution in [3.63, 3.8) is 0 Å². The number of aliphatic hydroxyl groups excluding tert-OH is 8. The molecule has 12 atom stereocenters. The van der Waals surface area contributed by atoms with Gasteiger partial charge in [-0.1, -0.05) is 156 Å². The van der Waals surface area contributed by atoms with Crippen LogP contribution in [0.1, 0.15) is 149 Å². The van der Waals surface area contributed by atoms with Crippen LogP contribution >= 0.6 is 0 Å². The molecule has 2 saturated heterocycles. The van der Waals surface area contributed by atoms with E-state index in [0.717, 1.165) is 96.3 Å². The molecule has 2 aliphatic rings. The van der Waals surface area contributed by atoms with Crippen LogP contribution in [0.25, 0.3) is 0 Å². The van der Waals surface area contributed by atoms with E-state index in [0.29, 0.717) is 12.8 Å². The Balaban J connectivity index is 1.78. The molecule has 14 heteroatoms. The summed E-state index contributed by atoms with van der Waals surface area (Å²) in [6.45, 7) is 2.57. The van der Waals surface area contributed by atoms with Crippen LogP contribution in [0, 0.1) is 0 Å². The Kier molecular flexibility index (Phi) is 36.4. The number of hydrogen-bond donors (Lipinski definition) is 9. The van der Waals surface area contributed by atoms with E-state index in [2.05, 4.69) is 104 Å². The number of unbranched alkanes of at least 4 members (excludes halogenated alkanes) is 11. The van der Waals surface area contributed by atoms with Crippen LogP contribution < -0.4 is 5.32 Å². The Morgan fingerprint density at radius 2 is 1.01 bits per heavy atom. The lowest BCUT2D eigenvalue weighted by atomic mass is 9.97. The third kappa shape index (κ3) is 27.4. The monoisotopic (exact) mass is 974 g/mol. The molecule has 0 aromatic rings. The summed E-state index contributed by atoms with van der Waals surface area (Å²) >= 11 is 0. The molecule has 0 aromatic carbocycles. The predicted octanol–water partition coefficient (Wildman–Crippen LogP) is 7.15. The molecule has 14 nitrogen and oxygen atoms in total. The maximum absolute atomic E-state index is 13.2. The van der Waals surface area contributed by atoms with Crippen molar-refractivity contribution in [1.29, 1.82) is 0 Å². The molecule has 1 amide bonds. The van der Waals surface area contributed by atoms with Gasteiger partial charge in [-0.25, -0.2) is 0 Å². The zero-order valence-corrected chi connectivity index (χ0v) is 41.8. The van der Waals surface area contributed by atoms with Gasteiger partial charge in [-0.15, -0.1) is 0 Å². The highest BCUT2D eigenvalue weighted by Crippen LogP contribution is 2.30. The van der Waals surface area contributed by atoms with E-state index in [1.165, 1.54) is 19.3 Å². The molecular formula is C55H91NO13. The molecular weight excluding hydrogens is 883 g/mol. The highest BCUT2D eigenvalue weighted by Gasteiger charge is 2.51. The Labute approximate surface area is 413 Å². The average Bonchev–Trinajstić information content (AvgIpc) is 3.35. The fourth-order valence-corrected chi connectivity index (χ4v) is 7.78. The first-order chi connectivity index (χ1) is 33.6. The summed E-state index contributed by atoms with van der Waals surface area (Å²) in [5.74, 6) is -0.272. The molecule has 2 fully saturated rings. The lowest BCUT2D eigenvalue weighted by Crippen LogP contribution is -2.65. The van der Waals surface area contributed by atoms with Crippen molar-refractivity contribution in [1.82, 2.24) is 5.32 Å². The minimum atomic E-state index is -1.80. The summed E-state index contributed by atoms with van der Waals surface area (Å²) in [5, 5.41) is 86.6. The summed E-state index contributed by atoms with van der Waals surface area (Å²) in [5.41, 5.74) is 0. The number of amides is 1. The van der Waals surface area contributed by atoms with Crippen LogP contribution in [0.3, 0.4) is 0 Å². The molecule has 0 saturated carbocycles. The van der Waals surface area contributed by atoms with Gasteiger partial charge in [0, 0.05) is 6.42 Å². The summed E-state index contributed by atoms with van der Waals surface area (Å²) in [6, 6.07) is -0.944. The minimum absolute atomic E-state index is 0.249. The second-order valence-electron chi connectivity index (χ2n) is 17.9. The van der Waals surface area contributed by atoms with Crippen LogP contribution in [-0.2, 0) is 23.7 Å². The zero-order chi connectivity index (χ0) is 50.3. The summed E-state index contributed by atoms with van der Waals surface area (Å²) < 4.78 is 22.6. The van der Waals surface area contributed by atoms with Crippen molar-refractivity contribution >= 4 is 5.91 Å². The number of nitrogens with one attached hydrogen (secondary N) is 1. The van der Waals surface area contributed by atoms with E-state index in [1.54, 1.807) is 6.08 Å². The van der Waals surface area contributed by atoms with E-state index < -0.39 is 86.8 Å². The fraction of sp³-hybridized carbons (Fsp3) is 0.691. The van der Waals surface area contributed by atoms with Gasteiger partial charge in [-0.2, -0.15) is 0 Å². The number of carbonyl (C=O) groups is 1. The first-order valence-corrected chi connectivity index (χ1v) is 26.0. The van der Waals surface area contributed by atoms with Crippen LogP contribution in [-0.4, -0.2) is 140 Å². The van der Waals surface area contributed by atoms with Gasteiger partial charge in [-0.05, 0) is 83.5 Å². The van der Waals surface area contributed by atoms with Crippen molar-refractivity contribution < 1.29 is 64.6 Å². The van der Waals surface area contributed by atoms with Gasteiger partial charge >= 0.3 is 0 Å². The first kappa shape index (κ1) is 62.0. The zero-order valence-electron chi connectivity index (χ0n) is 41.8. The van der Waals surface area contributed by atoms with Gasteiger partial charge in [0.15, 0.2) is 12.6 Å².